The number of hydrogen-bond acceptors (Lipinski definition) is 4. The molecule has 0 radical (unpaired) electrons. The van der Waals surface area contributed by atoms with Crippen molar-refractivity contribution in [2.75, 3.05) is 16.8 Å². The van der Waals surface area contributed by atoms with E-state index in [0.29, 0.717) is 12.0 Å². The van der Waals surface area contributed by atoms with Gasteiger partial charge in [0.15, 0.2) is 0 Å². The number of hydrogen-bond donors (Lipinski definition) is 1. The molecule has 5 nitrogen and oxygen atoms in total. The second kappa shape index (κ2) is 6.31. The third-order valence-corrected chi connectivity index (χ3v) is 3.46. The molecule has 0 bridgehead atoms. The average molecular weight is 260 g/mol. The molecular formula is C14H20N4O. The molecule has 0 saturated heterocycles. The monoisotopic (exact) mass is 260 g/mol. The van der Waals surface area contributed by atoms with E-state index in [1.54, 1.807) is 6.20 Å². The first-order chi connectivity index (χ1) is 9.24. The normalized spacial score (nSPS) is 15.2. The Kier molecular flexibility index (Phi) is 4.49. The minimum atomic E-state index is -0.291. The molecule has 102 valence electrons. The molecule has 0 unspecified atom stereocenters. The zero-order chi connectivity index (χ0) is 13.7. The van der Waals surface area contributed by atoms with Crippen LogP contribution in [-0.4, -0.2) is 28.5 Å². The van der Waals surface area contributed by atoms with Gasteiger partial charge in [-0.3, -0.25) is 10.1 Å². The van der Waals surface area contributed by atoms with Crippen LogP contribution in [-0.2, 0) is 4.79 Å². The summed E-state index contributed by atoms with van der Waals surface area (Å²) in [6.07, 6.45) is 7.89. The van der Waals surface area contributed by atoms with Crippen molar-refractivity contribution in [2.24, 2.45) is 0 Å². The second-order valence-corrected chi connectivity index (χ2v) is 4.66. The summed E-state index contributed by atoms with van der Waals surface area (Å²) in [7, 11) is 0. The molecule has 0 atom stereocenters. The zero-order valence-corrected chi connectivity index (χ0v) is 11.3. The summed E-state index contributed by atoms with van der Waals surface area (Å²) < 4.78 is 0. The van der Waals surface area contributed by atoms with Crippen molar-refractivity contribution in [3.8, 4) is 0 Å². The van der Waals surface area contributed by atoms with Gasteiger partial charge in [0.05, 0.1) is 0 Å². The van der Waals surface area contributed by atoms with Crippen LogP contribution >= 0.6 is 0 Å². The number of anilines is 2. The first-order valence-electron chi connectivity index (χ1n) is 6.77. The fourth-order valence-corrected chi connectivity index (χ4v) is 2.55. The summed E-state index contributed by atoms with van der Waals surface area (Å²) in [6, 6.07) is 2.45. The molecule has 0 aromatic carbocycles. The summed E-state index contributed by atoms with van der Waals surface area (Å²) in [4.78, 5) is 22.0. The van der Waals surface area contributed by atoms with Crippen molar-refractivity contribution in [1.29, 1.82) is 0 Å². The average Bonchev–Trinajstić information content (AvgIpc) is 2.94. The molecular weight excluding hydrogens is 240 g/mol. The molecule has 2 rings (SSSR count). The fourth-order valence-electron chi connectivity index (χ4n) is 2.55. The smallest absolute Gasteiger partial charge is 0.250 e. The Labute approximate surface area is 113 Å². The predicted octanol–water partition coefficient (Wildman–Crippen LogP) is 2.37. The summed E-state index contributed by atoms with van der Waals surface area (Å²) in [5.74, 6) is 0.920. The summed E-state index contributed by atoms with van der Waals surface area (Å²) >= 11 is 0. The van der Waals surface area contributed by atoms with Crippen LogP contribution in [0.15, 0.2) is 24.9 Å². The Balaban J connectivity index is 2.15. The topological polar surface area (TPSA) is 58.1 Å². The van der Waals surface area contributed by atoms with E-state index in [0.717, 1.165) is 12.4 Å². The Morgan fingerprint density at radius 3 is 2.95 bits per heavy atom. The third kappa shape index (κ3) is 3.30. The zero-order valence-electron chi connectivity index (χ0n) is 11.3. The van der Waals surface area contributed by atoms with Gasteiger partial charge in [0.1, 0.15) is 5.82 Å². The number of carbonyl (C=O) groups is 1. The lowest BCUT2D eigenvalue weighted by Gasteiger charge is -2.28. The van der Waals surface area contributed by atoms with Crippen molar-refractivity contribution in [1.82, 2.24) is 9.97 Å². The van der Waals surface area contributed by atoms with Crippen molar-refractivity contribution in [2.45, 2.75) is 38.6 Å². The minimum absolute atomic E-state index is 0.291. The Hall–Kier alpha value is -1.91. The highest BCUT2D eigenvalue weighted by atomic mass is 16.1. The van der Waals surface area contributed by atoms with E-state index in [2.05, 4.69) is 33.7 Å². The Bertz CT molecular complexity index is 455. The molecule has 1 N–H and O–H groups in total. The first-order valence-corrected chi connectivity index (χ1v) is 6.77. The van der Waals surface area contributed by atoms with Crippen LogP contribution in [0.5, 0.6) is 0 Å². The molecule has 0 aliphatic heterocycles. The van der Waals surface area contributed by atoms with Crippen molar-refractivity contribution < 1.29 is 4.79 Å². The highest BCUT2D eigenvalue weighted by Crippen LogP contribution is 2.27. The van der Waals surface area contributed by atoms with Gasteiger partial charge in [0.2, 0.25) is 11.9 Å². The van der Waals surface area contributed by atoms with Gasteiger partial charge in [-0.2, -0.15) is 4.98 Å². The molecule has 1 heterocycles. The number of amides is 1. The molecule has 0 spiro atoms. The number of carbonyl (C=O) groups excluding carboxylic acids is 1. The summed E-state index contributed by atoms with van der Waals surface area (Å²) in [5, 5.41) is 2.60. The lowest BCUT2D eigenvalue weighted by Crippen LogP contribution is -2.33. The van der Waals surface area contributed by atoms with Crippen LogP contribution < -0.4 is 10.2 Å². The molecule has 5 heteroatoms. The summed E-state index contributed by atoms with van der Waals surface area (Å²) in [6.45, 7) is 6.46. The minimum Gasteiger partial charge on any atom is -0.354 e. The highest BCUT2D eigenvalue weighted by molar-refractivity contribution is 5.97. The summed E-state index contributed by atoms with van der Waals surface area (Å²) in [5.41, 5.74) is 0. The fraction of sp³-hybridized carbons (Fsp3) is 0.500. The molecule has 19 heavy (non-hydrogen) atoms. The van der Waals surface area contributed by atoms with Gasteiger partial charge in [-0.05, 0) is 31.9 Å². The maximum absolute atomic E-state index is 11.3. The van der Waals surface area contributed by atoms with Crippen molar-refractivity contribution in [3.05, 3.63) is 24.9 Å². The first kappa shape index (κ1) is 13.5. The largest absolute Gasteiger partial charge is 0.354 e. The molecule has 1 aliphatic rings. The van der Waals surface area contributed by atoms with E-state index in [1.807, 2.05) is 6.07 Å². The lowest BCUT2D eigenvalue weighted by molar-refractivity contribution is -0.111. The van der Waals surface area contributed by atoms with Gasteiger partial charge in [-0.25, -0.2) is 4.98 Å². The molecule has 1 aromatic rings. The molecule has 1 saturated carbocycles. The van der Waals surface area contributed by atoms with Crippen molar-refractivity contribution >= 4 is 17.7 Å². The number of nitrogens with one attached hydrogen (secondary N) is 1. The second-order valence-electron chi connectivity index (χ2n) is 4.66. The molecule has 1 amide bonds. The molecule has 1 aliphatic carbocycles. The molecule has 1 fully saturated rings. The highest BCUT2D eigenvalue weighted by Gasteiger charge is 2.22. The molecule has 1 aromatic heterocycles. The number of aromatic nitrogens is 2. The lowest BCUT2D eigenvalue weighted by atomic mass is 10.2. The van der Waals surface area contributed by atoms with Gasteiger partial charge in [-0.15, -0.1) is 0 Å². The van der Waals surface area contributed by atoms with E-state index in [-0.39, 0.29) is 5.91 Å². The van der Waals surface area contributed by atoms with Crippen molar-refractivity contribution in [3.63, 3.8) is 0 Å². The Morgan fingerprint density at radius 2 is 2.32 bits per heavy atom. The standard InChI is InChI=1S/C14H20N4O/c1-3-13(19)17-14-15-10-9-12(16-14)18(4-2)11-7-5-6-8-11/h3,9-11H,1,4-8H2,2H3,(H,15,16,17,19). The van der Waals surface area contributed by atoms with E-state index >= 15 is 0 Å². The van der Waals surface area contributed by atoms with Crippen LogP contribution in [0, 0.1) is 0 Å². The van der Waals surface area contributed by atoms with E-state index in [4.69, 9.17) is 0 Å². The quantitative estimate of drug-likeness (QED) is 0.826. The van der Waals surface area contributed by atoms with Gasteiger partial charge in [0, 0.05) is 18.8 Å². The van der Waals surface area contributed by atoms with E-state index in [9.17, 15) is 4.79 Å². The van der Waals surface area contributed by atoms with Gasteiger partial charge < -0.3 is 4.90 Å². The van der Waals surface area contributed by atoms with Crippen LogP contribution in [0.1, 0.15) is 32.6 Å². The van der Waals surface area contributed by atoms with Gasteiger partial charge in [0.25, 0.3) is 0 Å². The number of rotatable bonds is 5. The number of nitrogens with zero attached hydrogens (tertiary/aromatic N) is 3. The maximum Gasteiger partial charge on any atom is 0.250 e. The van der Waals surface area contributed by atoms with Crippen LogP contribution in [0.4, 0.5) is 11.8 Å². The van der Waals surface area contributed by atoms with Gasteiger partial charge in [-0.1, -0.05) is 19.4 Å². The SMILES string of the molecule is C=CC(=O)Nc1nccc(N(CC)C2CCCC2)n1. The van der Waals surface area contributed by atoms with Crippen LogP contribution in [0.3, 0.4) is 0 Å². The van der Waals surface area contributed by atoms with E-state index < -0.39 is 0 Å². The predicted molar refractivity (Wildman–Crippen MR) is 76.1 cm³/mol. The van der Waals surface area contributed by atoms with Crippen LogP contribution in [0.25, 0.3) is 0 Å². The van der Waals surface area contributed by atoms with Crippen LogP contribution in [0.2, 0.25) is 0 Å². The van der Waals surface area contributed by atoms with E-state index in [1.165, 1.54) is 31.8 Å². The maximum atomic E-state index is 11.3. The van der Waals surface area contributed by atoms with Gasteiger partial charge >= 0.3 is 0 Å². The Morgan fingerprint density at radius 1 is 1.58 bits per heavy atom. The third-order valence-electron chi connectivity index (χ3n) is 3.46.